The number of unbranched alkanes of at least 4 members (excludes halogenated alkanes) is 14. The topological polar surface area (TPSA) is 49.4 Å². The molecule has 0 heterocycles. The van der Waals surface area contributed by atoms with E-state index in [0.717, 1.165) is 17.2 Å². The average molecular weight is 446 g/mol. The highest BCUT2D eigenvalue weighted by Crippen LogP contribution is 2.23. The minimum Gasteiger partial charge on any atom is -0.740 e. The van der Waals surface area contributed by atoms with E-state index in [1.807, 2.05) is 6.07 Å². The molecule has 0 spiro atoms. The molecule has 1 atom stereocenters. The van der Waals surface area contributed by atoms with Crippen LogP contribution in [0.1, 0.15) is 109 Å². The van der Waals surface area contributed by atoms with Crippen LogP contribution in [0.25, 0.3) is 10.8 Å². The van der Waals surface area contributed by atoms with Crippen molar-refractivity contribution in [3.05, 3.63) is 42.0 Å². The third-order valence-electron chi connectivity index (χ3n) is 6.11. The van der Waals surface area contributed by atoms with Crippen molar-refractivity contribution in [2.75, 3.05) is 0 Å². The van der Waals surface area contributed by atoms with Crippen molar-refractivity contribution in [2.24, 2.45) is 0 Å². The normalized spacial score (nSPS) is 12.3. The van der Waals surface area contributed by atoms with Gasteiger partial charge in [-0.3, -0.25) is 0 Å². The number of hydrogen-bond donors (Lipinski definition) is 0. The van der Waals surface area contributed by atoms with E-state index < -0.39 is 11.4 Å². The van der Waals surface area contributed by atoms with Gasteiger partial charge in [0.25, 0.3) is 0 Å². The average Bonchev–Trinajstić information content (AvgIpc) is 2.76. The second-order valence-corrected chi connectivity index (χ2v) is 9.41. The fraction of sp³-hybridized carbons (Fsp3) is 0.630. The highest BCUT2D eigenvalue weighted by Gasteiger charge is 2.01. The monoisotopic (exact) mass is 445 g/mol. The minimum absolute atomic E-state index is 0.357. The van der Waals surface area contributed by atoms with Crippen LogP contribution in [0.4, 0.5) is 0 Å². The standard InChI is InChI=1S/C27H42O3S/c1-2-3-4-5-6-7-8-9-10-11-12-13-14-15-16-17-24-18-19-26-23-27(30-31(28)29)21-20-25(26)22-24/h18-23H,2-17H2,1H3,(H,28,29)/p-1. The Balaban J connectivity index is 1.47. The predicted molar refractivity (Wildman–Crippen MR) is 132 cm³/mol. The molecule has 4 heteroatoms. The Hall–Kier alpha value is -1.39. The second-order valence-electron chi connectivity index (χ2n) is 8.83. The first kappa shape index (κ1) is 25.9. The third-order valence-corrected chi connectivity index (χ3v) is 6.44. The maximum absolute atomic E-state index is 10.7. The molecule has 0 saturated carbocycles. The van der Waals surface area contributed by atoms with Gasteiger partial charge in [-0.2, -0.15) is 0 Å². The zero-order valence-corrected chi connectivity index (χ0v) is 20.2. The van der Waals surface area contributed by atoms with Gasteiger partial charge in [-0.25, -0.2) is 4.21 Å². The summed E-state index contributed by atoms with van der Waals surface area (Å²) in [6.07, 6.45) is 22.0. The van der Waals surface area contributed by atoms with Crippen LogP contribution < -0.4 is 4.18 Å². The van der Waals surface area contributed by atoms with Gasteiger partial charge in [0.05, 0.1) is 0 Å². The molecule has 0 bridgehead atoms. The van der Waals surface area contributed by atoms with Gasteiger partial charge in [0, 0.05) is 0 Å². The van der Waals surface area contributed by atoms with E-state index in [2.05, 4.69) is 25.1 Å². The van der Waals surface area contributed by atoms with Crippen molar-refractivity contribution in [1.29, 1.82) is 0 Å². The first-order chi connectivity index (χ1) is 15.2. The molecule has 0 radical (unpaired) electrons. The van der Waals surface area contributed by atoms with Crippen LogP contribution in [0.2, 0.25) is 0 Å². The first-order valence-electron chi connectivity index (χ1n) is 12.5. The molecule has 0 N–H and O–H groups in total. The summed E-state index contributed by atoms with van der Waals surface area (Å²) < 4.78 is 26.0. The number of aryl methyl sites for hydroxylation is 1. The quantitative estimate of drug-likeness (QED) is 0.171. The minimum atomic E-state index is -2.53. The molecule has 0 amide bonds. The molecule has 2 aromatic carbocycles. The van der Waals surface area contributed by atoms with Crippen molar-refractivity contribution in [3.63, 3.8) is 0 Å². The Morgan fingerprint density at radius 1 is 0.677 bits per heavy atom. The van der Waals surface area contributed by atoms with Crippen molar-refractivity contribution >= 4 is 22.1 Å². The van der Waals surface area contributed by atoms with E-state index in [1.54, 1.807) is 12.1 Å². The molecule has 2 aromatic rings. The lowest BCUT2D eigenvalue weighted by molar-refractivity contribution is 0.440. The maximum atomic E-state index is 10.7. The lowest BCUT2D eigenvalue weighted by Gasteiger charge is -2.09. The SMILES string of the molecule is CCCCCCCCCCCCCCCCCc1ccc2cc(OS(=O)[O-])ccc2c1. The van der Waals surface area contributed by atoms with E-state index in [9.17, 15) is 8.76 Å². The number of hydrogen-bond acceptors (Lipinski definition) is 3. The van der Waals surface area contributed by atoms with Crippen LogP contribution in [0.3, 0.4) is 0 Å². The number of benzene rings is 2. The summed E-state index contributed by atoms with van der Waals surface area (Å²) in [5.74, 6) is 0.357. The predicted octanol–water partition coefficient (Wildman–Crippen LogP) is 8.43. The van der Waals surface area contributed by atoms with Gasteiger partial charge < -0.3 is 8.74 Å². The second kappa shape index (κ2) is 16.3. The van der Waals surface area contributed by atoms with Crippen LogP contribution in [-0.2, 0) is 17.8 Å². The maximum Gasteiger partial charge on any atom is 0.139 e. The number of fused-ring (bicyclic) bond motifs is 1. The summed E-state index contributed by atoms with van der Waals surface area (Å²) in [6, 6.07) is 11.8. The van der Waals surface area contributed by atoms with Gasteiger partial charge in [0.2, 0.25) is 0 Å². The summed E-state index contributed by atoms with van der Waals surface area (Å²) in [4.78, 5) is 0. The summed E-state index contributed by atoms with van der Waals surface area (Å²) in [5, 5.41) is 2.13. The third kappa shape index (κ3) is 11.7. The highest BCUT2D eigenvalue weighted by molar-refractivity contribution is 7.74. The Labute approximate surface area is 192 Å². The zero-order chi connectivity index (χ0) is 22.2. The van der Waals surface area contributed by atoms with Gasteiger partial charge >= 0.3 is 0 Å². The Bertz CT molecular complexity index is 759. The molecule has 174 valence electrons. The Morgan fingerprint density at radius 3 is 1.71 bits per heavy atom. The van der Waals surface area contributed by atoms with Crippen LogP contribution in [-0.4, -0.2) is 8.76 Å². The zero-order valence-electron chi connectivity index (χ0n) is 19.4. The summed E-state index contributed by atoms with van der Waals surface area (Å²) >= 11 is -2.53. The fourth-order valence-electron chi connectivity index (χ4n) is 4.26. The van der Waals surface area contributed by atoms with E-state index in [-0.39, 0.29) is 0 Å². The fourth-order valence-corrected chi connectivity index (χ4v) is 4.52. The van der Waals surface area contributed by atoms with Crippen molar-refractivity contribution in [3.8, 4) is 5.75 Å². The molecule has 0 aliphatic carbocycles. The molecule has 3 nitrogen and oxygen atoms in total. The molecule has 0 fully saturated rings. The van der Waals surface area contributed by atoms with Crippen LogP contribution in [0.15, 0.2) is 36.4 Å². The molecule has 1 unspecified atom stereocenters. The lowest BCUT2D eigenvalue weighted by Crippen LogP contribution is -1.97. The van der Waals surface area contributed by atoms with Crippen LogP contribution >= 0.6 is 0 Å². The smallest absolute Gasteiger partial charge is 0.139 e. The summed E-state index contributed by atoms with van der Waals surface area (Å²) in [5.41, 5.74) is 1.35. The van der Waals surface area contributed by atoms with Crippen molar-refractivity contribution in [2.45, 2.75) is 110 Å². The van der Waals surface area contributed by atoms with Gasteiger partial charge in [-0.15, -0.1) is 0 Å². The molecule has 0 aliphatic heterocycles. The van der Waals surface area contributed by atoms with Crippen molar-refractivity contribution in [1.82, 2.24) is 0 Å². The van der Waals surface area contributed by atoms with E-state index in [4.69, 9.17) is 4.18 Å². The summed E-state index contributed by atoms with van der Waals surface area (Å²) in [7, 11) is 0. The van der Waals surface area contributed by atoms with Gasteiger partial charge in [0.1, 0.15) is 17.1 Å². The van der Waals surface area contributed by atoms with Crippen LogP contribution in [0, 0.1) is 0 Å². The van der Waals surface area contributed by atoms with Gasteiger partial charge in [-0.1, -0.05) is 121 Å². The lowest BCUT2D eigenvalue weighted by atomic mass is 10.0. The Morgan fingerprint density at radius 2 is 1.16 bits per heavy atom. The van der Waals surface area contributed by atoms with Crippen LogP contribution in [0.5, 0.6) is 5.75 Å². The largest absolute Gasteiger partial charge is 0.740 e. The molecular formula is C27H41O3S-. The van der Waals surface area contributed by atoms with E-state index >= 15 is 0 Å². The van der Waals surface area contributed by atoms with E-state index in [0.29, 0.717) is 5.75 Å². The van der Waals surface area contributed by atoms with Gasteiger partial charge in [0.15, 0.2) is 0 Å². The summed E-state index contributed by atoms with van der Waals surface area (Å²) in [6.45, 7) is 2.28. The van der Waals surface area contributed by atoms with E-state index in [1.165, 1.54) is 102 Å². The first-order valence-corrected chi connectivity index (χ1v) is 13.5. The van der Waals surface area contributed by atoms with Gasteiger partial charge in [-0.05, 0) is 41.3 Å². The molecule has 31 heavy (non-hydrogen) atoms. The molecule has 0 aromatic heterocycles. The molecule has 2 rings (SSSR count). The molecule has 0 aliphatic rings. The molecular weight excluding hydrogens is 404 g/mol. The Kier molecular flexibility index (Phi) is 13.6. The number of rotatable bonds is 18. The highest BCUT2D eigenvalue weighted by atomic mass is 32.2. The van der Waals surface area contributed by atoms with Crippen molar-refractivity contribution < 1.29 is 12.9 Å². The molecule has 0 saturated heterocycles.